The van der Waals surface area contributed by atoms with Gasteiger partial charge in [-0.25, -0.2) is 0 Å². The quantitative estimate of drug-likeness (QED) is 0.658. The largest absolute Gasteiger partial charge is 0.497 e. The minimum atomic E-state index is -0.225. The van der Waals surface area contributed by atoms with Crippen LogP contribution in [0, 0.1) is 0 Å². The molecule has 1 saturated heterocycles. The van der Waals surface area contributed by atoms with E-state index in [2.05, 4.69) is 10.1 Å². The number of nitrogens with zero attached hydrogens (tertiary/aromatic N) is 3. The molecule has 0 aliphatic carbocycles. The first-order chi connectivity index (χ1) is 13.1. The van der Waals surface area contributed by atoms with E-state index in [1.165, 1.54) is 0 Å². The zero-order valence-electron chi connectivity index (χ0n) is 14.8. The molecule has 3 aromatic rings. The number of hydrogen-bond acceptors (Lipinski definition) is 5. The van der Waals surface area contributed by atoms with E-state index >= 15 is 0 Å². The van der Waals surface area contributed by atoms with E-state index in [4.69, 9.17) is 20.9 Å². The molecule has 2 heterocycles. The Kier molecular flexibility index (Phi) is 4.81. The van der Waals surface area contributed by atoms with Gasteiger partial charge in [-0.1, -0.05) is 28.9 Å². The number of ether oxygens (including phenoxy) is 1. The highest BCUT2D eigenvalue weighted by atomic mass is 35.5. The second-order valence-corrected chi connectivity index (χ2v) is 6.83. The molecule has 0 radical (unpaired) electrons. The van der Waals surface area contributed by atoms with E-state index in [1.807, 2.05) is 36.4 Å². The van der Waals surface area contributed by atoms with Crippen LogP contribution in [0.4, 0.5) is 0 Å². The first kappa shape index (κ1) is 17.5. The highest BCUT2D eigenvalue weighted by Crippen LogP contribution is 2.34. The predicted octanol–water partition coefficient (Wildman–Crippen LogP) is 4.26. The number of likely N-dealkylation sites (tertiary alicyclic amines) is 1. The van der Waals surface area contributed by atoms with Gasteiger partial charge in [0.2, 0.25) is 17.6 Å². The number of amides is 1. The van der Waals surface area contributed by atoms with Gasteiger partial charge in [0, 0.05) is 23.6 Å². The summed E-state index contributed by atoms with van der Waals surface area (Å²) in [6, 6.07) is 14.7. The topological polar surface area (TPSA) is 68.5 Å². The van der Waals surface area contributed by atoms with E-state index in [0.717, 1.165) is 16.9 Å². The van der Waals surface area contributed by atoms with Crippen molar-refractivity contribution in [3.8, 4) is 17.1 Å². The molecule has 0 N–H and O–H groups in total. The van der Waals surface area contributed by atoms with E-state index in [9.17, 15) is 4.79 Å². The molecular formula is C20H18ClN3O3. The van der Waals surface area contributed by atoms with Gasteiger partial charge in [-0.05, 0) is 48.4 Å². The maximum absolute atomic E-state index is 12.4. The van der Waals surface area contributed by atoms with Gasteiger partial charge in [-0.2, -0.15) is 4.98 Å². The summed E-state index contributed by atoms with van der Waals surface area (Å²) in [5.74, 6) is 1.78. The maximum atomic E-state index is 12.4. The van der Waals surface area contributed by atoms with Gasteiger partial charge >= 0.3 is 0 Å². The molecule has 1 amide bonds. The lowest BCUT2D eigenvalue weighted by Gasteiger charge is -2.22. The van der Waals surface area contributed by atoms with Crippen molar-refractivity contribution < 1.29 is 14.1 Å². The summed E-state index contributed by atoms with van der Waals surface area (Å²) in [6.07, 6.45) is 1.12. The van der Waals surface area contributed by atoms with Crippen molar-refractivity contribution in [3.63, 3.8) is 0 Å². The van der Waals surface area contributed by atoms with Crippen LogP contribution in [0.15, 0.2) is 53.1 Å². The van der Waals surface area contributed by atoms with Crippen LogP contribution in [0.25, 0.3) is 11.4 Å². The number of rotatable bonds is 5. The van der Waals surface area contributed by atoms with Crippen LogP contribution in [-0.4, -0.2) is 28.1 Å². The Morgan fingerprint density at radius 2 is 2.07 bits per heavy atom. The van der Waals surface area contributed by atoms with Crippen molar-refractivity contribution in [1.29, 1.82) is 0 Å². The molecule has 1 aliphatic rings. The summed E-state index contributed by atoms with van der Waals surface area (Å²) >= 11 is 5.92. The first-order valence-corrected chi connectivity index (χ1v) is 9.04. The third kappa shape index (κ3) is 3.66. The molecule has 0 saturated carbocycles. The average Bonchev–Trinajstić information content (AvgIpc) is 3.30. The summed E-state index contributed by atoms with van der Waals surface area (Å²) in [6.45, 7) is 0.472. The van der Waals surface area contributed by atoms with Crippen LogP contribution < -0.4 is 4.74 Å². The van der Waals surface area contributed by atoms with Crippen LogP contribution >= 0.6 is 11.6 Å². The Morgan fingerprint density at radius 3 is 2.85 bits per heavy atom. The highest BCUT2D eigenvalue weighted by molar-refractivity contribution is 6.30. The average molecular weight is 384 g/mol. The van der Waals surface area contributed by atoms with Gasteiger partial charge in [-0.3, -0.25) is 4.79 Å². The van der Waals surface area contributed by atoms with Crippen LogP contribution in [-0.2, 0) is 11.3 Å². The summed E-state index contributed by atoms with van der Waals surface area (Å²) in [5, 5.41) is 4.71. The second-order valence-electron chi connectivity index (χ2n) is 6.39. The van der Waals surface area contributed by atoms with Crippen molar-refractivity contribution in [2.24, 2.45) is 0 Å². The van der Waals surface area contributed by atoms with Gasteiger partial charge in [0.15, 0.2) is 0 Å². The summed E-state index contributed by atoms with van der Waals surface area (Å²) in [5.41, 5.74) is 1.81. The molecule has 2 aromatic carbocycles. The van der Waals surface area contributed by atoms with E-state index in [1.54, 1.807) is 24.1 Å². The van der Waals surface area contributed by atoms with Gasteiger partial charge in [-0.15, -0.1) is 0 Å². The lowest BCUT2D eigenvalue weighted by atomic mass is 10.1. The molecule has 1 fully saturated rings. The Labute approximate surface area is 161 Å². The lowest BCUT2D eigenvalue weighted by Crippen LogP contribution is -2.27. The molecule has 1 aromatic heterocycles. The zero-order chi connectivity index (χ0) is 18.8. The van der Waals surface area contributed by atoms with Gasteiger partial charge in [0.1, 0.15) is 11.8 Å². The van der Waals surface area contributed by atoms with Crippen molar-refractivity contribution in [2.45, 2.75) is 25.4 Å². The number of carbonyl (C=O) groups is 1. The number of aromatic nitrogens is 2. The fourth-order valence-corrected chi connectivity index (χ4v) is 3.37. The number of benzene rings is 2. The van der Waals surface area contributed by atoms with Gasteiger partial charge in [0.05, 0.1) is 7.11 Å². The predicted molar refractivity (Wildman–Crippen MR) is 100 cm³/mol. The van der Waals surface area contributed by atoms with Crippen molar-refractivity contribution in [1.82, 2.24) is 15.0 Å². The Morgan fingerprint density at radius 1 is 1.26 bits per heavy atom. The fourth-order valence-electron chi connectivity index (χ4n) is 3.24. The van der Waals surface area contributed by atoms with Crippen LogP contribution in [0.2, 0.25) is 5.02 Å². The molecule has 1 aliphatic heterocycles. The number of halogens is 1. The summed E-state index contributed by atoms with van der Waals surface area (Å²) in [4.78, 5) is 18.7. The maximum Gasteiger partial charge on any atom is 0.249 e. The molecule has 7 heteroatoms. The molecule has 27 heavy (non-hydrogen) atoms. The molecule has 6 nitrogen and oxygen atoms in total. The molecule has 138 valence electrons. The number of carbonyl (C=O) groups excluding carboxylic acids is 1. The van der Waals surface area contributed by atoms with Crippen LogP contribution in [0.5, 0.6) is 5.75 Å². The molecule has 0 bridgehead atoms. The van der Waals surface area contributed by atoms with Crippen molar-refractivity contribution in [3.05, 3.63) is 65.0 Å². The minimum Gasteiger partial charge on any atom is -0.497 e. The number of hydrogen-bond donors (Lipinski definition) is 0. The second kappa shape index (κ2) is 7.40. The first-order valence-electron chi connectivity index (χ1n) is 8.66. The molecule has 1 unspecified atom stereocenters. The van der Waals surface area contributed by atoms with Crippen LogP contribution in [0.3, 0.4) is 0 Å². The summed E-state index contributed by atoms with van der Waals surface area (Å²) in [7, 11) is 1.62. The van der Waals surface area contributed by atoms with Crippen LogP contribution in [0.1, 0.15) is 30.3 Å². The number of methoxy groups -OCH3 is 1. The molecule has 4 rings (SSSR count). The monoisotopic (exact) mass is 383 g/mol. The third-order valence-electron chi connectivity index (χ3n) is 4.64. The molecular weight excluding hydrogens is 366 g/mol. The Balaban J connectivity index is 1.57. The summed E-state index contributed by atoms with van der Waals surface area (Å²) < 4.78 is 10.7. The van der Waals surface area contributed by atoms with Crippen molar-refractivity contribution >= 4 is 17.5 Å². The minimum absolute atomic E-state index is 0.0778. The van der Waals surface area contributed by atoms with Gasteiger partial charge in [0.25, 0.3) is 0 Å². The van der Waals surface area contributed by atoms with E-state index < -0.39 is 0 Å². The normalized spacial score (nSPS) is 16.7. The highest BCUT2D eigenvalue weighted by Gasteiger charge is 2.36. The van der Waals surface area contributed by atoms with Crippen molar-refractivity contribution in [2.75, 3.05) is 7.11 Å². The third-order valence-corrected chi connectivity index (χ3v) is 4.90. The Hall–Kier alpha value is -2.86. The SMILES string of the molecule is COc1cccc(CN2C(=O)CCC2c2nc(-c3ccc(Cl)cc3)no2)c1. The fraction of sp³-hybridized carbons (Fsp3) is 0.250. The molecule has 0 spiro atoms. The Bertz CT molecular complexity index is 955. The van der Waals surface area contributed by atoms with E-state index in [-0.39, 0.29) is 11.9 Å². The zero-order valence-corrected chi connectivity index (χ0v) is 15.5. The standard InChI is InChI=1S/C20H18ClN3O3/c1-26-16-4-2-3-13(11-16)12-24-17(9-10-18(24)25)20-22-19(23-27-20)14-5-7-15(21)8-6-14/h2-8,11,17H,9-10,12H2,1H3. The van der Waals surface area contributed by atoms with E-state index in [0.29, 0.717) is 36.1 Å². The lowest BCUT2D eigenvalue weighted by molar-refractivity contribution is -0.130. The molecule has 1 atom stereocenters. The smallest absolute Gasteiger partial charge is 0.249 e. The van der Waals surface area contributed by atoms with Gasteiger partial charge < -0.3 is 14.2 Å².